The molecule has 0 unspecified atom stereocenters. The summed E-state index contributed by atoms with van der Waals surface area (Å²) in [6.45, 7) is 4.90. The average Bonchev–Trinajstić information content (AvgIpc) is 2.94. The Bertz CT molecular complexity index is 1400. The molecule has 3 rings (SSSR count). The van der Waals surface area contributed by atoms with E-state index in [1.807, 2.05) is 13.8 Å². The Morgan fingerprint density at radius 2 is 1.55 bits per heavy atom. The second-order valence-electron chi connectivity index (χ2n) is 9.32. The standard InChI is InChI=1S/C29H33Cl2N3O5S/c1-5-20(2)32-29(36)21(3)33(18-22-11-13-26(39-4)14-12-22)28(35)19-34(25-16-23(30)15-24(31)17-25)40(37,38)27-9-7-6-8-10-27/h6-17,20-21H,5,18-19H2,1-4H3,(H,32,36)/t20-,21+/m1/s1. The van der Waals surface area contributed by atoms with Gasteiger partial charge in [0.05, 0.1) is 17.7 Å². The molecule has 2 atom stereocenters. The number of nitrogens with zero attached hydrogens (tertiary/aromatic N) is 2. The van der Waals surface area contributed by atoms with Crippen LogP contribution >= 0.6 is 23.2 Å². The van der Waals surface area contributed by atoms with E-state index in [0.29, 0.717) is 12.2 Å². The fourth-order valence-electron chi connectivity index (χ4n) is 3.91. The summed E-state index contributed by atoms with van der Waals surface area (Å²) in [6, 6.07) is 18.2. The van der Waals surface area contributed by atoms with Gasteiger partial charge in [-0.2, -0.15) is 0 Å². The first-order valence-corrected chi connectivity index (χ1v) is 14.9. The highest BCUT2D eigenvalue weighted by atomic mass is 35.5. The van der Waals surface area contributed by atoms with Gasteiger partial charge in [0.1, 0.15) is 18.3 Å². The van der Waals surface area contributed by atoms with Gasteiger partial charge in [0.25, 0.3) is 10.0 Å². The minimum atomic E-state index is -4.22. The summed E-state index contributed by atoms with van der Waals surface area (Å²) in [5.74, 6) is -0.292. The van der Waals surface area contributed by atoms with Crippen molar-refractivity contribution in [3.05, 3.63) is 88.4 Å². The van der Waals surface area contributed by atoms with Crippen LogP contribution in [0.4, 0.5) is 5.69 Å². The van der Waals surface area contributed by atoms with Crippen molar-refractivity contribution >= 4 is 50.7 Å². The van der Waals surface area contributed by atoms with Gasteiger partial charge in [-0.3, -0.25) is 13.9 Å². The van der Waals surface area contributed by atoms with Crippen LogP contribution in [0.15, 0.2) is 77.7 Å². The Balaban J connectivity index is 2.04. The van der Waals surface area contributed by atoms with E-state index >= 15 is 0 Å². The zero-order valence-electron chi connectivity index (χ0n) is 22.8. The summed E-state index contributed by atoms with van der Waals surface area (Å²) >= 11 is 12.4. The van der Waals surface area contributed by atoms with Crippen molar-refractivity contribution in [1.29, 1.82) is 0 Å². The van der Waals surface area contributed by atoms with Crippen molar-refractivity contribution in [3.63, 3.8) is 0 Å². The number of carbonyl (C=O) groups is 2. The Morgan fingerprint density at radius 3 is 2.10 bits per heavy atom. The van der Waals surface area contributed by atoms with Gasteiger partial charge >= 0.3 is 0 Å². The maximum atomic E-state index is 14.0. The van der Waals surface area contributed by atoms with E-state index in [0.717, 1.165) is 9.87 Å². The highest BCUT2D eigenvalue weighted by molar-refractivity contribution is 7.92. The fourth-order valence-corrected chi connectivity index (χ4v) is 5.84. The molecule has 0 aliphatic carbocycles. The zero-order valence-corrected chi connectivity index (χ0v) is 25.1. The van der Waals surface area contributed by atoms with Gasteiger partial charge < -0.3 is 15.0 Å². The van der Waals surface area contributed by atoms with Gasteiger partial charge in [-0.1, -0.05) is 60.5 Å². The van der Waals surface area contributed by atoms with E-state index in [4.69, 9.17) is 27.9 Å². The smallest absolute Gasteiger partial charge is 0.264 e. The Morgan fingerprint density at radius 1 is 0.950 bits per heavy atom. The molecule has 8 nitrogen and oxygen atoms in total. The van der Waals surface area contributed by atoms with Crippen LogP contribution in [0.25, 0.3) is 0 Å². The number of methoxy groups -OCH3 is 1. The van der Waals surface area contributed by atoms with Crippen LogP contribution in [-0.4, -0.2) is 50.9 Å². The van der Waals surface area contributed by atoms with Crippen molar-refractivity contribution in [1.82, 2.24) is 10.2 Å². The second-order valence-corrected chi connectivity index (χ2v) is 12.1. The topological polar surface area (TPSA) is 96.0 Å². The lowest BCUT2D eigenvalue weighted by molar-refractivity contribution is -0.139. The summed E-state index contributed by atoms with van der Waals surface area (Å²) in [4.78, 5) is 28.4. The molecule has 3 aromatic carbocycles. The predicted octanol–water partition coefficient (Wildman–Crippen LogP) is 5.53. The molecule has 214 valence electrons. The van der Waals surface area contributed by atoms with Crippen LogP contribution in [0.5, 0.6) is 5.75 Å². The van der Waals surface area contributed by atoms with Crippen molar-refractivity contribution in [2.75, 3.05) is 18.0 Å². The number of rotatable bonds is 12. The van der Waals surface area contributed by atoms with Crippen LogP contribution in [0.1, 0.15) is 32.8 Å². The van der Waals surface area contributed by atoms with Crippen molar-refractivity contribution < 1.29 is 22.7 Å². The summed E-state index contributed by atoms with van der Waals surface area (Å²) < 4.78 is 33.8. The van der Waals surface area contributed by atoms with E-state index in [2.05, 4.69) is 5.32 Å². The molecule has 11 heteroatoms. The number of sulfonamides is 1. The van der Waals surface area contributed by atoms with Crippen LogP contribution in [0.3, 0.4) is 0 Å². The minimum absolute atomic E-state index is 0.0110. The first-order valence-electron chi connectivity index (χ1n) is 12.7. The number of anilines is 1. The largest absolute Gasteiger partial charge is 0.497 e. The molecule has 0 fully saturated rings. The lowest BCUT2D eigenvalue weighted by atomic mass is 10.1. The Labute approximate surface area is 245 Å². The molecule has 0 bridgehead atoms. The molecule has 0 heterocycles. The molecule has 0 aromatic heterocycles. The molecule has 0 saturated heterocycles. The van der Waals surface area contributed by atoms with Crippen molar-refractivity contribution in [3.8, 4) is 5.75 Å². The first kappa shape index (κ1) is 31.3. The summed E-state index contributed by atoms with van der Waals surface area (Å²) in [6.07, 6.45) is 0.712. The van der Waals surface area contributed by atoms with Gasteiger partial charge in [-0.15, -0.1) is 0 Å². The molecule has 0 aliphatic heterocycles. The van der Waals surface area contributed by atoms with Crippen LogP contribution in [0.2, 0.25) is 10.0 Å². The highest BCUT2D eigenvalue weighted by Gasteiger charge is 2.33. The lowest BCUT2D eigenvalue weighted by Crippen LogP contribution is -2.52. The van der Waals surface area contributed by atoms with Crippen molar-refractivity contribution in [2.45, 2.75) is 50.7 Å². The molecular weight excluding hydrogens is 573 g/mol. The number of ether oxygens (including phenoxy) is 1. The predicted molar refractivity (Wildman–Crippen MR) is 158 cm³/mol. The second kappa shape index (κ2) is 13.9. The minimum Gasteiger partial charge on any atom is -0.497 e. The number of hydrogen-bond acceptors (Lipinski definition) is 5. The van der Waals surface area contributed by atoms with E-state index in [1.54, 1.807) is 56.5 Å². The molecule has 0 radical (unpaired) electrons. The van der Waals surface area contributed by atoms with Crippen molar-refractivity contribution in [2.24, 2.45) is 0 Å². The number of halogens is 2. The number of benzene rings is 3. The molecule has 0 saturated carbocycles. The third-order valence-corrected chi connectivity index (χ3v) is 8.65. The quantitative estimate of drug-likeness (QED) is 0.293. The molecular formula is C29H33Cl2N3O5S. The number of amides is 2. The Hall–Kier alpha value is -3.27. The number of carbonyl (C=O) groups excluding carboxylic acids is 2. The van der Waals surface area contributed by atoms with E-state index in [9.17, 15) is 18.0 Å². The molecule has 0 aliphatic rings. The normalized spacial score (nSPS) is 12.8. The monoisotopic (exact) mass is 605 g/mol. The van der Waals surface area contributed by atoms with Gasteiger partial charge in [0.2, 0.25) is 11.8 Å². The van der Waals surface area contributed by atoms with Crippen LogP contribution in [-0.2, 0) is 26.2 Å². The van der Waals surface area contributed by atoms with E-state index in [1.165, 1.54) is 35.2 Å². The van der Waals surface area contributed by atoms with Gasteiger partial charge in [0.15, 0.2) is 0 Å². The zero-order chi connectivity index (χ0) is 29.4. The molecule has 2 amide bonds. The summed E-state index contributed by atoms with van der Waals surface area (Å²) in [5.41, 5.74) is 0.858. The summed E-state index contributed by atoms with van der Waals surface area (Å²) in [5, 5.41) is 3.32. The molecule has 0 spiro atoms. The fraction of sp³-hybridized carbons (Fsp3) is 0.310. The SMILES string of the molecule is CC[C@@H](C)NC(=O)[C@H](C)N(Cc1ccc(OC)cc1)C(=O)CN(c1cc(Cl)cc(Cl)c1)S(=O)(=O)c1ccccc1. The van der Waals surface area contributed by atoms with Gasteiger partial charge in [0, 0.05) is 22.6 Å². The molecule has 40 heavy (non-hydrogen) atoms. The molecule has 3 aromatic rings. The third kappa shape index (κ3) is 7.90. The van der Waals surface area contributed by atoms with E-state index < -0.39 is 28.5 Å². The maximum absolute atomic E-state index is 14.0. The maximum Gasteiger partial charge on any atom is 0.264 e. The number of nitrogens with one attached hydrogen (secondary N) is 1. The number of hydrogen-bond donors (Lipinski definition) is 1. The Kier molecular flexibility index (Phi) is 10.8. The molecule has 1 N–H and O–H groups in total. The lowest BCUT2D eigenvalue weighted by Gasteiger charge is -2.32. The average molecular weight is 607 g/mol. The van der Waals surface area contributed by atoms with Crippen LogP contribution < -0.4 is 14.4 Å². The first-order chi connectivity index (χ1) is 19.0. The van der Waals surface area contributed by atoms with Crippen LogP contribution in [0, 0.1) is 0 Å². The summed E-state index contributed by atoms with van der Waals surface area (Å²) in [7, 11) is -2.66. The van der Waals surface area contributed by atoms with E-state index in [-0.39, 0.29) is 39.1 Å². The highest BCUT2D eigenvalue weighted by Crippen LogP contribution is 2.30. The van der Waals surface area contributed by atoms with Gasteiger partial charge in [-0.05, 0) is 68.3 Å². The third-order valence-electron chi connectivity index (χ3n) is 6.43. The van der Waals surface area contributed by atoms with Gasteiger partial charge in [-0.25, -0.2) is 8.42 Å².